The van der Waals surface area contributed by atoms with Gasteiger partial charge in [0.1, 0.15) is 0 Å². The average molecular weight is 423 g/mol. The molecule has 0 aromatic heterocycles. The van der Waals surface area contributed by atoms with Crippen molar-refractivity contribution in [1.82, 2.24) is 4.67 Å². The van der Waals surface area contributed by atoms with Crippen LogP contribution in [-0.4, -0.2) is 17.8 Å². The summed E-state index contributed by atoms with van der Waals surface area (Å²) < 4.78 is 29.3. The Kier molecular flexibility index (Phi) is 4.79. The van der Waals surface area contributed by atoms with E-state index in [1.807, 2.05) is 72.8 Å². The molecular formula is C24H26NO4P. The van der Waals surface area contributed by atoms with Crippen LogP contribution in [0.25, 0.3) is 0 Å². The molecule has 1 spiro atoms. The molecule has 0 radical (unpaired) electrons. The molecule has 0 bridgehead atoms. The molecule has 30 heavy (non-hydrogen) atoms. The third-order valence-corrected chi connectivity index (χ3v) is 10.1. The van der Waals surface area contributed by atoms with Crippen molar-refractivity contribution in [3.05, 3.63) is 96.1 Å². The van der Waals surface area contributed by atoms with Gasteiger partial charge < -0.3 is 0 Å². The molecular weight excluding hydrogens is 397 g/mol. The minimum absolute atomic E-state index is 0.505. The van der Waals surface area contributed by atoms with E-state index in [2.05, 4.69) is 30.7 Å². The molecule has 2 heterocycles. The Morgan fingerprint density at radius 2 is 1.20 bits per heavy atom. The summed E-state index contributed by atoms with van der Waals surface area (Å²) in [6.07, 6.45) is -0.594. The van der Waals surface area contributed by atoms with Crippen LogP contribution in [0.3, 0.4) is 0 Å². The van der Waals surface area contributed by atoms with E-state index in [-0.39, 0.29) is 0 Å². The van der Waals surface area contributed by atoms with Gasteiger partial charge >= 0.3 is 177 Å². The molecule has 6 heteroatoms. The maximum absolute atomic E-state index is 6.87. The van der Waals surface area contributed by atoms with E-state index in [0.29, 0.717) is 24.6 Å². The first-order chi connectivity index (χ1) is 14.7. The third kappa shape index (κ3) is 2.78. The van der Waals surface area contributed by atoms with Crippen LogP contribution in [0, 0.1) is 0 Å². The van der Waals surface area contributed by atoms with Gasteiger partial charge in [-0.15, -0.1) is 0 Å². The first-order valence-corrected chi connectivity index (χ1v) is 12.4. The fourth-order valence-corrected chi connectivity index (χ4v) is 8.99. The van der Waals surface area contributed by atoms with E-state index in [1.165, 1.54) is 0 Å². The van der Waals surface area contributed by atoms with Crippen molar-refractivity contribution >= 4 is 7.43 Å². The summed E-state index contributed by atoms with van der Waals surface area (Å²) >= 11 is 0. The van der Waals surface area contributed by atoms with Crippen molar-refractivity contribution in [2.45, 2.75) is 26.0 Å². The molecule has 0 amide bonds. The van der Waals surface area contributed by atoms with E-state index in [9.17, 15) is 0 Å². The number of rotatable bonds is 5. The fourth-order valence-electron chi connectivity index (χ4n) is 4.35. The van der Waals surface area contributed by atoms with E-state index >= 15 is 0 Å². The number of fused-ring (bicyclic) bond motifs is 1. The molecule has 0 aliphatic carbocycles. The second kappa shape index (κ2) is 7.36. The van der Waals surface area contributed by atoms with Crippen LogP contribution < -0.4 is 9.05 Å². The third-order valence-electron chi connectivity index (χ3n) is 5.71. The Labute approximate surface area is 177 Å². The minimum atomic E-state index is -3.97. The zero-order valence-corrected chi connectivity index (χ0v) is 18.1. The molecule has 0 N–H and O–H groups in total. The predicted molar refractivity (Wildman–Crippen MR) is 118 cm³/mol. The van der Waals surface area contributed by atoms with Crippen LogP contribution in [-0.2, 0) is 9.26 Å². The number of nitrogens with zero attached hydrogens (tertiary/aromatic N) is 1. The van der Waals surface area contributed by atoms with Gasteiger partial charge in [-0.05, 0) is 0 Å². The SMILES string of the molecule is CCN(CC)P12(Oc3ccccc3O1)O[C@H](c1ccccc1)O[C@@H]2c1ccccc1. The van der Waals surface area contributed by atoms with Gasteiger partial charge in [-0.1, -0.05) is 0 Å². The molecule has 1 fully saturated rings. The van der Waals surface area contributed by atoms with Crippen LogP contribution in [0.4, 0.5) is 0 Å². The van der Waals surface area contributed by atoms with Crippen LogP contribution in [0.5, 0.6) is 11.5 Å². The first kappa shape index (κ1) is 19.5. The molecule has 2 aliphatic heterocycles. The summed E-state index contributed by atoms with van der Waals surface area (Å²) in [7, 11) is -3.97. The quantitative estimate of drug-likeness (QED) is 0.441. The Balaban J connectivity index is 1.72. The Bertz CT molecular complexity index is 1000. The number of ether oxygens (including phenoxy) is 1. The Morgan fingerprint density at radius 1 is 0.700 bits per heavy atom. The molecule has 156 valence electrons. The van der Waals surface area contributed by atoms with Gasteiger partial charge in [0.2, 0.25) is 0 Å². The zero-order valence-electron chi connectivity index (χ0n) is 17.2. The molecule has 0 unspecified atom stereocenters. The Morgan fingerprint density at radius 3 is 1.73 bits per heavy atom. The van der Waals surface area contributed by atoms with Crippen molar-refractivity contribution in [1.29, 1.82) is 0 Å². The van der Waals surface area contributed by atoms with Gasteiger partial charge in [0.25, 0.3) is 0 Å². The summed E-state index contributed by atoms with van der Waals surface area (Å²) in [5, 5.41) is 0. The predicted octanol–water partition coefficient (Wildman–Crippen LogP) is 6.46. The molecule has 0 saturated carbocycles. The average Bonchev–Trinajstić information content (AvgIpc) is 3.32. The van der Waals surface area contributed by atoms with Gasteiger partial charge in [0.05, 0.1) is 0 Å². The molecule has 3 aromatic carbocycles. The van der Waals surface area contributed by atoms with Gasteiger partial charge in [-0.3, -0.25) is 0 Å². The van der Waals surface area contributed by atoms with Crippen molar-refractivity contribution < 1.29 is 18.3 Å². The van der Waals surface area contributed by atoms with E-state index < -0.39 is 19.6 Å². The number of hydrogen-bond donors (Lipinski definition) is 0. The van der Waals surface area contributed by atoms with Crippen molar-refractivity contribution in [3.63, 3.8) is 0 Å². The summed E-state index contributed by atoms with van der Waals surface area (Å²) in [4.78, 5) is 0. The number of para-hydroxylation sites is 2. The molecule has 1 saturated heterocycles. The van der Waals surface area contributed by atoms with Gasteiger partial charge in [-0.2, -0.15) is 0 Å². The molecule has 3 aromatic rings. The second-order valence-corrected chi connectivity index (χ2v) is 10.8. The van der Waals surface area contributed by atoms with Gasteiger partial charge in [-0.25, -0.2) is 0 Å². The summed E-state index contributed by atoms with van der Waals surface area (Å²) in [6.45, 7) is 5.61. The van der Waals surface area contributed by atoms with E-state index in [1.54, 1.807) is 0 Å². The van der Waals surface area contributed by atoms with E-state index in [4.69, 9.17) is 18.3 Å². The molecule has 2 aliphatic rings. The van der Waals surface area contributed by atoms with Crippen molar-refractivity contribution in [2.24, 2.45) is 0 Å². The normalized spacial score (nSPS) is 24.6. The monoisotopic (exact) mass is 423 g/mol. The van der Waals surface area contributed by atoms with Crippen molar-refractivity contribution in [2.75, 3.05) is 13.1 Å². The standard InChI is InChI=1S/C24H26NO4P/c1-3-25(4-2)30(27-21-17-11-12-18-22(21)28-30)24(20-15-9-6-10-16-20)26-23(29-30)19-13-7-5-8-14-19/h5-18,23-24H,3-4H2,1-2H3/t23-,24+/m1/s1. The summed E-state index contributed by atoms with van der Waals surface area (Å²) in [6, 6.07) is 27.9. The Hall–Kier alpha value is -2.43. The first-order valence-electron chi connectivity index (χ1n) is 10.4. The van der Waals surface area contributed by atoms with Crippen molar-refractivity contribution in [3.8, 4) is 11.5 Å². The summed E-state index contributed by atoms with van der Waals surface area (Å²) in [5.41, 5.74) is 1.92. The molecule has 5 nitrogen and oxygen atoms in total. The van der Waals surface area contributed by atoms with Crippen LogP contribution in [0.1, 0.15) is 37.1 Å². The second-order valence-electron chi connectivity index (χ2n) is 7.42. The van der Waals surface area contributed by atoms with Crippen LogP contribution in [0.2, 0.25) is 0 Å². The molecule has 5 rings (SSSR count). The molecule has 2 atom stereocenters. The number of hydrogen-bond acceptors (Lipinski definition) is 5. The topological polar surface area (TPSA) is 40.2 Å². The number of benzene rings is 3. The van der Waals surface area contributed by atoms with Crippen LogP contribution in [0.15, 0.2) is 84.9 Å². The van der Waals surface area contributed by atoms with Gasteiger partial charge in [0, 0.05) is 0 Å². The zero-order chi connectivity index (χ0) is 20.6. The fraction of sp³-hybridized carbons (Fsp3) is 0.250. The van der Waals surface area contributed by atoms with Gasteiger partial charge in [0.15, 0.2) is 0 Å². The maximum atomic E-state index is 6.87. The summed E-state index contributed by atoms with van der Waals surface area (Å²) in [5.74, 6) is 0.885. The van der Waals surface area contributed by atoms with E-state index in [0.717, 1.165) is 11.1 Å². The van der Waals surface area contributed by atoms with Crippen LogP contribution >= 0.6 is 7.43 Å².